The average Bonchev–Trinajstić information content (AvgIpc) is 2.54. The van der Waals surface area contributed by atoms with Crippen LogP contribution < -0.4 is 11.5 Å². The molecule has 4 N–H and O–H groups in total. The quantitative estimate of drug-likeness (QED) is 0.644. The molecule has 2 heterocycles. The van der Waals surface area contributed by atoms with Crippen LogP contribution in [0.25, 0.3) is 5.65 Å². The molecule has 0 aliphatic rings. The molecule has 76 valence electrons. The normalized spacial score (nSPS) is 10.4. The van der Waals surface area contributed by atoms with Crippen molar-refractivity contribution in [2.45, 2.75) is 5.16 Å². The predicted octanol–water partition coefficient (Wildman–Crippen LogP) is -0.118. The summed E-state index contributed by atoms with van der Waals surface area (Å²) in [6.45, 7) is 0. The Kier molecular flexibility index (Phi) is 2.09. The molecular formula is C7H7N7S. The van der Waals surface area contributed by atoms with Gasteiger partial charge < -0.3 is 11.5 Å². The average molecular weight is 221 g/mol. The topological polar surface area (TPSA) is 119 Å². The molecule has 0 atom stereocenters. The molecule has 2 aromatic rings. The fraction of sp³-hybridized carbons (Fsp3) is 0.143. The maximum absolute atomic E-state index is 8.87. The Labute approximate surface area is 89.1 Å². The Morgan fingerprint density at radius 3 is 2.73 bits per heavy atom. The van der Waals surface area contributed by atoms with Gasteiger partial charge in [-0.15, -0.1) is 5.10 Å². The van der Waals surface area contributed by atoms with Crippen LogP contribution in [0.1, 0.15) is 5.56 Å². The van der Waals surface area contributed by atoms with Gasteiger partial charge in [-0.25, -0.2) is 4.98 Å². The van der Waals surface area contributed by atoms with Gasteiger partial charge in [-0.1, -0.05) is 11.8 Å². The summed E-state index contributed by atoms with van der Waals surface area (Å²) < 4.78 is 1.26. The van der Waals surface area contributed by atoms with Crippen LogP contribution in [-0.2, 0) is 0 Å². The minimum Gasteiger partial charge on any atom is -0.381 e. The first-order chi connectivity index (χ1) is 7.17. The molecule has 2 aromatic heterocycles. The van der Waals surface area contributed by atoms with E-state index in [4.69, 9.17) is 16.7 Å². The summed E-state index contributed by atoms with van der Waals surface area (Å²) in [6, 6.07) is 1.93. The van der Waals surface area contributed by atoms with E-state index in [2.05, 4.69) is 15.1 Å². The first kappa shape index (κ1) is 9.54. The van der Waals surface area contributed by atoms with E-state index in [0.29, 0.717) is 10.8 Å². The third kappa shape index (κ3) is 1.33. The summed E-state index contributed by atoms with van der Waals surface area (Å²) in [7, 11) is 0. The minimum absolute atomic E-state index is 0.108. The van der Waals surface area contributed by atoms with E-state index >= 15 is 0 Å². The van der Waals surface area contributed by atoms with Crippen LogP contribution in [0.15, 0.2) is 5.16 Å². The number of hydrogen-bond donors (Lipinski definition) is 2. The Balaban J connectivity index is 2.88. The van der Waals surface area contributed by atoms with E-state index in [1.165, 1.54) is 16.3 Å². The molecule has 0 saturated carbocycles. The number of nitrogens with two attached hydrogens (primary N) is 2. The predicted molar refractivity (Wildman–Crippen MR) is 56.1 cm³/mol. The lowest BCUT2D eigenvalue weighted by Gasteiger charge is -1.99. The molecule has 0 bridgehead atoms. The molecule has 8 heteroatoms. The summed E-state index contributed by atoms with van der Waals surface area (Å²) >= 11 is 1.33. The van der Waals surface area contributed by atoms with Gasteiger partial charge in [0.15, 0.2) is 16.6 Å². The maximum atomic E-state index is 8.87. The van der Waals surface area contributed by atoms with Crippen LogP contribution in [0.3, 0.4) is 0 Å². The number of thioether (sulfide) groups is 1. The summed E-state index contributed by atoms with van der Waals surface area (Å²) in [6.07, 6.45) is 1.82. The van der Waals surface area contributed by atoms with Crippen molar-refractivity contribution in [1.29, 1.82) is 5.26 Å². The maximum Gasteiger partial charge on any atom is 0.225 e. The molecule has 0 unspecified atom stereocenters. The second-order valence-corrected chi connectivity index (χ2v) is 3.45. The van der Waals surface area contributed by atoms with E-state index in [-0.39, 0.29) is 17.3 Å². The standard InChI is InChI=1S/C7H7N7S/c1-15-7-11-5-3(2-8)4(9)13-14(5)6(10)12-7/h1H3,(H2,9,13)(H2,10,11,12). The van der Waals surface area contributed by atoms with Crippen molar-refractivity contribution in [2.24, 2.45) is 0 Å². The monoisotopic (exact) mass is 221 g/mol. The Bertz CT molecular complexity index is 567. The molecule has 7 nitrogen and oxygen atoms in total. The van der Waals surface area contributed by atoms with Gasteiger partial charge in [-0.05, 0) is 6.26 Å². The molecular weight excluding hydrogens is 214 g/mol. The Morgan fingerprint density at radius 1 is 1.40 bits per heavy atom. The van der Waals surface area contributed by atoms with E-state index in [1.807, 2.05) is 12.3 Å². The molecule has 15 heavy (non-hydrogen) atoms. The van der Waals surface area contributed by atoms with Crippen LogP contribution >= 0.6 is 11.8 Å². The Hall–Kier alpha value is -2.01. The van der Waals surface area contributed by atoms with Crippen LogP contribution in [-0.4, -0.2) is 25.8 Å². The molecule has 0 aliphatic carbocycles. The molecule has 0 aromatic carbocycles. The van der Waals surface area contributed by atoms with Crippen molar-refractivity contribution in [2.75, 3.05) is 17.7 Å². The number of nitrogens with zero attached hydrogens (tertiary/aromatic N) is 5. The highest BCUT2D eigenvalue weighted by Crippen LogP contribution is 2.19. The van der Waals surface area contributed by atoms with Crippen LogP contribution in [0.2, 0.25) is 0 Å². The summed E-state index contributed by atoms with van der Waals surface area (Å²) in [4.78, 5) is 8.09. The van der Waals surface area contributed by atoms with Gasteiger partial charge >= 0.3 is 0 Å². The third-order valence-corrected chi connectivity index (χ3v) is 2.36. The lowest BCUT2D eigenvalue weighted by atomic mass is 10.3. The zero-order valence-corrected chi connectivity index (χ0v) is 8.62. The van der Waals surface area contributed by atoms with Gasteiger partial charge in [-0.3, -0.25) is 0 Å². The van der Waals surface area contributed by atoms with E-state index < -0.39 is 0 Å². The van der Waals surface area contributed by atoms with E-state index in [9.17, 15) is 0 Å². The van der Waals surface area contributed by atoms with Crippen LogP contribution in [0, 0.1) is 11.3 Å². The van der Waals surface area contributed by atoms with Gasteiger partial charge in [-0.2, -0.15) is 14.8 Å². The number of aromatic nitrogens is 4. The molecule has 0 aliphatic heterocycles. The first-order valence-electron chi connectivity index (χ1n) is 3.93. The van der Waals surface area contributed by atoms with Gasteiger partial charge in [0, 0.05) is 0 Å². The highest BCUT2D eigenvalue weighted by Gasteiger charge is 2.14. The largest absolute Gasteiger partial charge is 0.381 e. The number of rotatable bonds is 1. The first-order valence-corrected chi connectivity index (χ1v) is 5.15. The van der Waals surface area contributed by atoms with Gasteiger partial charge in [0.05, 0.1) is 0 Å². The smallest absolute Gasteiger partial charge is 0.225 e. The Morgan fingerprint density at radius 2 is 2.13 bits per heavy atom. The number of nitriles is 1. The van der Waals surface area contributed by atoms with Crippen LogP contribution in [0.4, 0.5) is 11.8 Å². The molecule has 2 rings (SSSR count). The van der Waals surface area contributed by atoms with E-state index in [0.717, 1.165) is 0 Å². The highest BCUT2D eigenvalue weighted by atomic mass is 32.2. The van der Waals surface area contributed by atoms with Crippen molar-refractivity contribution >= 4 is 29.2 Å². The molecule has 0 spiro atoms. The fourth-order valence-electron chi connectivity index (χ4n) is 1.15. The van der Waals surface area contributed by atoms with Crippen molar-refractivity contribution in [3.05, 3.63) is 5.56 Å². The van der Waals surface area contributed by atoms with Crippen molar-refractivity contribution in [3.63, 3.8) is 0 Å². The lowest BCUT2D eigenvalue weighted by Crippen LogP contribution is -2.05. The van der Waals surface area contributed by atoms with Gasteiger partial charge in [0.1, 0.15) is 11.6 Å². The number of fused-ring (bicyclic) bond motifs is 1. The SMILES string of the molecule is CSc1nc(N)n2nc(N)c(C#N)c2n1. The van der Waals surface area contributed by atoms with Gasteiger partial charge in [0.25, 0.3) is 0 Å². The zero-order chi connectivity index (χ0) is 11.0. The summed E-state index contributed by atoms with van der Waals surface area (Å²) in [5, 5.41) is 13.2. The number of nitrogen functional groups attached to an aromatic ring is 2. The van der Waals surface area contributed by atoms with Crippen molar-refractivity contribution < 1.29 is 0 Å². The summed E-state index contributed by atoms with van der Waals surface area (Å²) in [5.41, 5.74) is 11.7. The van der Waals surface area contributed by atoms with Gasteiger partial charge in [0.2, 0.25) is 5.95 Å². The van der Waals surface area contributed by atoms with Crippen molar-refractivity contribution in [3.8, 4) is 6.07 Å². The number of anilines is 2. The van der Waals surface area contributed by atoms with Crippen molar-refractivity contribution in [1.82, 2.24) is 19.6 Å². The number of hydrogen-bond acceptors (Lipinski definition) is 7. The van der Waals surface area contributed by atoms with Crippen LogP contribution in [0.5, 0.6) is 0 Å². The highest BCUT2D eigenvalue weighted by molar-refractivity contribution is 7.98. The second-order valence-electron chi connectivity index (χ2n) is 2.68. The molecule has 0 amide bonds. The zero-order valence-electron chi connectivity index (χ0n) is 7.80. The minimum atomic E-state index is 0.108. The fourth-order valence-corrected chi connectivity index (χ4v) is 1.51. The lowest BCUT2D eigenvalue weighted by molar-refractivity contribution is 0.855. The molecule has 0 saturated heterocycles. The third-order valence-electron chi connectivity index (χ3n) is 1.81. The van der Waals surface area contributed by atoms with E-state index in [1.54, 1.807) is 0 Å². The second kappa shape index (κ2) is 3.29. The summed E-state index contributed by atoms with van der Waals surface area (Å²) in [5.74, 6) is 0.273. The molecule has 0 radical (unpaired) electrons. The molecule has 0 fully saturated rings.